The third-order valence-electron chi connectivity index (χ3n) is 5.37. The van der Waals surface area contributed by atoms with E-state index in [1.165, 1.54) is 7.11 Å². The monoisotopic (exact) mass is 365 g/mol. The molecular formula is C22H27N3O2. The molecule has 2 aromatic carbocycles. The first-order valence-electron chi connectivity index (χ1n) is 9.15. The molecule has 1 fully saturated rings. The summed E-state index contributed by atoms with van der Waals surface area (Å²) >= 11 is 0. The molecule has 1 aliphatic rings. The van der Waals surface area contributed by atoms with Crippen LogP contribution in [0, 0.1) is 33.1 Å². The fourth-order valence-corrected chi connectivity index (χ4v) is 4.08. The summed E-state index contributed by atoms with van der Waals surface area (Å²) in [6.45, 7) is 10.1. The van der Waals surface area contributed by atoms with Crippen molar-refractivity contribution in [2.45, 2.75) is 46.8 Å². The number of carbonyl (C=O) groups is 1. The second kappa shape index (κ2) is 7.06. The highest BCUT2D eigenvalue weighted by Gasteiger charge is 2.48. The second-order valence-electron chi connectivity index (χ2n) is 7.22. The Morgan fingerprint density at radius 1 is 0.926 bits per heavy atom. The normalized spacial score (nSPS) is 19.6. The van der Waals surface area contributed by atoms with Crippen LogP contribution in [0.2, 0.25) is 0 Å². The van der Waals surface area contributed by atoms with Crippen LogP contribution in [0.15, 0.2) is 36.4 Å². The van der Waals surface area contributed by atoms with E-state index in [-0.39, 0.29) is 12.0 Å². The second-order valence-corrected chi connectivity index (χ2v) is 7.22. The highest BCUT2D eigenvalue weighted by atomic mass is 16.5. The largest absolute Gasteiger partial charge is 0.466 e. The van der Waals surface area contributed by atoms with Crippen LogP contribution in [0.1, 0.15) is 29.2 Å². The van der Waals surface area contributed by atoms with E-state index in [0.29, 0.717) is 5.84 Å². The average Bonchev–Trinajstić information content (AvgIpc) is 2.86. The van der Waals surface area contributed by atoms with Gasteiger partial charge in [0.15, 0.2) is 0 Å². The number of carbonyl (C=O) groups excluding carboxylic acids is 1. The van der Waals surface area contributed by atoms with Crippen LogP contribution < -0.4 is 9.80 Å². The summed E-state index contributed by atoms with van der Waals surface area (Å²) in [4.78, 5) is 16.8. The molecule has 1 N–H and O–H groups in total. The van der Waals surface area contributed by atoms with Crippen LogP contribution >= 0.6 is 0 Å². The van der Waals surface area contributed by atoms with E-state index in [9.17, 15) is 4.79 Å². The summed E-state index contributed by atoms with van der Waals surface area (Å²) in [6.07, 6.45) is -0.711. The molecule has 5 heteroatoms. The molecule has 0 amide bonds. The van der Waals surface area contributed by atoms with Gasteiger partial charge in [-0.15, -0.1) is 0 Å². The number of methoxy groups -OCH3 is 1. The van der Waals surface area contributed by atoms with Gasteiger partial charge in [-0.25, -0.2) is 4.79 Å². The molecule has 142 valence electrons. The third kappa shape index (κ3) is 2.97. The molecule has 0 aromatic heterocycles. The molecule has 2 aromatic rings. The van der Waals surface area contributed by atoms with Crippen LogP contribution in [-0.2, 0) is 9.53 Å². The van der Waals surface area contributed by atoms with Gasteiger partial charge < -0.3 is 9.64 Å². The molecule has 0 saturated carbocycles. The van der Waals surface area contributed by atoms with Crippen LogP contribution in [0.5, 0.6) is 0 Å². The topological polar surface area (TPSA) is 56.6 Å². The molecule has 2 atom stereocenters. The van der Waals surface area contributed by atoms with E-state index < -0.39 is 6.17 Å². The Hall–Kier alpha value is -2.82. The zero-order chi connectivity index (χ0) is 19.9. The van der Waals surface area contributed by atoms with E-state index in [1.54, 1.807) is 0 Å². The van der Waals surface area contributed by atoms with E-state index in [2.05, 4.69) is 0 Å². The third-order valence-corrected chi connectivity index (χ3v) is 5.37. The fourth-order valence-electron chi connectivity index (χ4n) is 4.08. The minimum atomic E-state index is -0.711. The molecule has 0 bridgehead atoms. The van der Waals surface area contributed by atoms with Crippen molar-refractivity contribution < 1.29 is 9.53 Å². The number of esters is 1. The minimum absolute atomic E-state index is 0.257. The van der Waals surface area contributed by atoms with Gasteiger partial charge in [0.05, 0.1) is 18.8 Å². The number of hydrogen-bond acceptors (Lipinski definition) is 4. The summed E-state index contributed by atoms with van der Waals surface area (Å²) in [7, 11) is 1.40. The molecule has 27 heavy (non-hydrogen) atoms. The Kier molecular flexibility index (Phi) is 4.96. The van der Waals surface area contributed by atoms with Crippen LogP contribution in [0.4, 0.5) is 11.4 Å². The first-order chi connectivity index (χ1) is 12.8. The molecule has 1 heterocycles. The van der Waals surface area contributed by atoms with Gasteiger partial charge in [-0.1, -0.05) is 36.4 Å². The smallest absolute Gasteiger partial charge is 0.350 e. The van der Waals surface area contributed by atoms with Crippen molar-refractivity contribution in [3.63, 3.8) is 0 Å². The molecule has 0 aliphatic carbocycles. The van der Waals surface area contributed by atoms with Crippen molar-refractivity contribution in [1.29, 1.82) is 5.41 Å². The van der Waals surface area contributed by atoms with Gasteiger partial charge >= 0.3 is 5.97 Å². The Labute approximate surface area is 161 Å². The lowest BCUT2D eigenvalue weighted by Crippen LogP contribution is -2.48. The molecule has 0 spiro atoms. The summed E-state index contributed by atoms with van der Waals surface area (Å²) < 4.78 is 5.17. The van der Waals surface area contributed by atoms with Crippen molar-refractivity contribution >= 4 is 23.2 Å². The number of anilines is 2. The number of nitrogens with one attached hydrogen (secondary N) is 1. The summed E-state index contributed by atoms with van der Waals surface area (Å²) in [6, 6.07) is 11.8. The Bertz CT molecular complexity index is 866. The van der Waals surface area contributed by atoms with E-state index >= 15 is 0 Å². The number of amidine groups is 1. The maximum Gasteiger partial charge on any atom is 0.350 e. The van der Waals surface area contributed by atoms with E-state index in [0.717, 1.165) is 33.6 Å². The van der Waals surface area contributed by atoms with Crippen molar-refractivity contribution in [1.82, 2.24) is 0 Å². The standard InChI is InChI=1S/C22H27N3O2/c1-13-9-7-10-14(2)18(13)24-17(5)20(23)25(21(24)22(26)27-6)19-15(3)11-8-12-16(19)4/h7-12,17,21,23H,1-6H3. The number of para-hydroxylation sites is 2. The maximum absolute atomic E-state index is 12.9. The molecule has 5 nitrogen and oxygen atoms in total. The van der Waals surface area contributed by atoms with E-state index in [1.807, 2.05) is 80.8 Å². The molecule has 1 aliphatic heterocycles. The lowest BCUT2D eigenvalue weighted by molar-refractivity contribution is -0.141. The number of benzene rings is 2. The van der Waals surface area contributed by atoms with Crippen LogP contribution in [0.25, 0.3) is 0 Å². The lowest BCUT2D eigenvalue weighted by Gasteiger charge is -2.33. The summed E-state index contributed by atoms with van der Waals surface area (Å²) in [5, 5.41) is 8.84. The fraction of sp³-hybridized carbons (Fsp3) is 0.364. The first-order valence-corrected chi connectivity index (χ1v) is 9.15. The zero-order valence-corrected chi connectivity index (χ0v) is 16.8. The van der Waals surface area contributed by atoms with Gasteiger partial charge in [-0.3, -0.25) is 10.3 Å². The van der Waals surface area contributed by atoms with Gasteiger partial charge in [0.25, 0.3) is 0 Å². The number of ether oxygens (including phenoxy) is 1. The van der Waals surface area contributed by atoms with E-state index in [4.69, 9.17) is 10.1 Å². The number of hydrogen-bond donors (Lipinski definition) is 1. The average molecular weight is 365 g/mol. The maximum atomic E-state index is 12.9. The minimum Gasteiger partial charge on any atom is -0.466 e. The SMILES string of the molecule is COC(=O)C1N(c2c(C)cccc2C)C(=N)C(C)N1c1c(C)cccc1C. The van der Waals surface area contributed by atoms with Crippen molar-refractivity contribution in [3.8, 4) is 0 Å². The van der Waals surface area contributed by atoms with Crippen molar-refractivity contribution in [3.05, 3.63) is 58.7 Å². The molecule has 1 saturated heterocycles. The quantitative estimate of drug-likeness (QED) is 0.832. The molecule has 2 unspecified atom stereocenters. The van der Waals surface area contributed by atoms with Gasteiger partial charge in [-0.2, -0.15) is 0 Å². The highest BCUT2D eigenvalue weighted by Crippen LogP contribution is 2.39. The number of nitrogens with zero attached hydrogens (tertiary/aromatic N) is 2. The van der Waals surface area contributed by atoms with Crippen LogP contribution in [0.3, 0.4) is 0 Å². The van der Waals surface area contributed by atoms with Crippen molar-refractivity contribution in [2.75, 3.05) is 16.9 Å². The van der Waals surface area contributed by atoms with Gasteiger partial charge in [0.2, 0.25) is 6.17 Å². The van der Waals surface area contributed by atoms with Crippen molar-refractivity contribution in [2.24, 2.45) is 0 Å². The summed E-state index contributed by atoms with van der Waals surface area (Å²) in [5.41, 5.74) is 6.10. The Balaban J connectivity index is 2.24. The Morgan fingerprint density at radius 3 is 1.81 bits per heavy atom. The Morgan fingerprint density at radius 2 is 1.37 bits per heavy atom. The molecule has 0 radical (unpaired) electrons. The molecular weight excluding hydrogens is 338 g/mol. The van der Waals surface area contributed by atoms with Crippen LogP contribution in [-0.4, -0.2) is 31.1 Å². The predicted molar refractivity (Wildman–Crippen MR) is 110 cm³/mol. The predicted octanol–water partition coefficient (Wildman–Crippen LogP) is 4.11. The lowest BCUT2D eigenvalue weighted by atomic mass is 10.1. The summed E-state index contributed by atoms with van der Waals surface area (Å²) in [5.74, 6) is 0.0276. The first kappa shape index (κ1) is 19.0. The zero-order valence-electron chi connectivity index (χ0n) is 16.8. The van der Waals surface area contributed by atoms with Gasteiger partial charge in [0.1, 0.15) is 5.84 Å². The highest BCUT2D eigenvalue weighted by molar-refractivity contribution is 6.11. The van der Waals surface area contributed by atoms with Gasteiger partial charge in [-0.05, 0) is 56.9 Å². The van der Waals surface area contributed by atoms with Gasteiger partial charge in [0, 0.05) is 5.69 Å². The number of aryl methyl sites for hydroxylation is 4. The number of rotatable bonds is 3. The molecule has 3 rings (SSSR count).